The molecular weight excluding hydrogens is 229 g/mol. The molecule has 1 atom stereocenters. The Balaban J connectivity index is 1.55. The maximum atomic E-state index is 13.1. The van der Waals surface area contributed by atoms with Gasteiger partial charge >= 0.3 is 0 Å². The summed E-state index contributed by atoms with van der Waals surface area (Å²) in [5.41, 5.74) is 1.04. The summed E-state index contributed by atoms with van der Waals surface area (Å²) >= 11 is 0. The lowest BCUT2D eigenvalue weighted by Crippen LogP contribution is -2.44. The molecule has 0 bridgehead atoms. The van der Waals surface area contributed by atoms with Crippen molar-refractivity contribution in [3.63, 3.8) is 0 Å². The molecule has 2 fully saturated rings. The smallest absolute Gasteiger partial charge is 0.123 e. The predicted octanol–water partition coefficient (Wildman–Crippen LogP) is 2.48. The Morgan fingerprint density at radius 2 is 2.22 bits per heavy atom. The molecule has 0 spiro atoms. The first-order valence-electron chi connectivity index (χ1n) is 6.88. The molecule has 1 aliphatic heterocycles. The van der Waals surface area contributed by atoms with Gasteiger partial charge in [0.25, 0.3) is 0 Å². The summed E-state index contributed by atoms with van der Waals surface area (Å²) in [4.78, 5) is 2.51. The molecule has 18 heavy (non-hydrogen) atoms. The standard InChI is InChI=1S/C15H20FNO/c16-14-3-1-2-13(8-14)9-15-11-17(6-7-18-15)10-12-4-5-12/h1-3,8,12,15H,4-7,9-11H2/t15-/m0/s1. The minimum atomic E-state index is -0.154. The summed E-state index contributed by atoms with van der Waals surface area (Å²) in [5.74, 6) is 0.774. The summed E-state index contributed by atoms with van der Waals surface area (Å²) in [6.07, 6.45) is 3.83. The van der Waals surface area contributed by atoms with Gasteiger partial charge in [0.1, 0.15) is 5.82 Å². The zero-order chi connectivity index (χ0) is 12.4. The highest BCUT2D eigenvalue weighted by atomic mass is 19.1. The van der Waals surface area contributed by atoms with Gasteiger partial charge in [0.15, 0.2) is 0 Å². The van der Waals surface area contributed by atoms with Gasteiger partial charge in [-0.15, -0.1) is 0 Å². The third-order valence-corrected chi connectivity index (χ3v) is 3.79. The van der Waals surface area contributed by atoms with Crippen LogP contribution < -0.4 is 0 Å². The van der Waals surface area contributed by atoms with Crippen molar-refractivity contribution in [3.05, 3.63) is 35.6 Å². The largest absolute Gasteiger partial charge is 0.375 e. The highest BCUT2D eigenvalue weighted by Gasteiger charge is 2.27. The Labute approximate surface area is 108 Å². The van der Waals surface area contributed by atoms with Crippen LogP contribution in [0.2, 0.25) is 0 Å². The molecule has 2 aliphatic rings. The van der Waals surface area contributed by atoms with Gasteiger partial charge in [-0.25, -0.2) is 4.39 Å². The molecule has 1 aromatic carbocycles. The summed E-state index contributed by atoms with van der Waals surface area (Å²) in [7, 11) is 0. The molecule has 1 aliphatic carbocycles. The van der Waals surface area contributed by atoms with Gasteiger partial charge in [-0.2, -0.15) is 0 Å². The zero-order valence-corrected chi connectivity index (χ0v) is 10.6. The quantitative estimate of drug-likeness (QED) is 0.813. The first-order valence-corrected chi connectivity index (χ1v) is 6.88. The number of rotatable bonds is 4. The topological polar surface area (TPSA) is 12.5 Å². The SMILES string of the molecule is Fc1cccc(C[C@H]2CN(CC3CC3)CCO2)c1. The van der Waals surface area contributed by atoms with E-state index >= 15 is 0 Å². The Hall–Kier alpha value is -0.930. The summed E-state index contributed by atoms with van der Waals surface area (Å²) < 4.78 is 18.9. The predicted molar refractivity (Wildman–Crippen MR) is 69.0 cm³/mol. The average Bonchev–Trinajstić information content (AvgIpc) is 3.13. The Bertz CT molecular complexity index is 405. The van der Waals surface area contributed by atoms with E-state index in [4.69, 9.17) is 4.74 Å². The van der Waals surface area contributed by atoms with Crippen molar-refractivity contribution in [1.29, 1.82) is 0 Å². The second-order valence-corrected chi connectivity index (χ2v) is 5.53. The number of ether oxygens (including phenoxy) is 1. The van der Waals surface area contributed by atoms with Crippen molar-refractivity contribution in [3.8, 4) is 0 Å². The van der Waals surface area contributed by atoms with Crippen molar-refractivity contribution in [2.45, 2.75) is 25.4 Å². The third kappa shape index (κ3) is 3.30. The zero-order valence-electron chi connectivity index (χ0n) is 10.6. The molecule has 1 saturated carbocycles. The molecule has 98 valence electrons. The van der Waals surface area contributed by atoms with Crippen LogP contribution in [0.1, 0.15) is 18.4 Å². The van der Waals surface area contributed by atoms with Crippen molar-refractivity contribution >= 4 is 0 Å². The van der Waals surface area contributed by atoms with Gasteiger partial charge in [0.2, 0.25) is 0 Å². The van der Waals surface area contributed by atoms with Crippen LogP contribution in [0.25, 0.3) is 0 Å². The van der Waals surface area contributed by atoms with Crippen molar-refractivity contribution in [2.24, 2.45) is 5.92 Å². The van der Waals surface area contributed by atoms with Crippen LogP contribution >= 0.6 is 0 Å². The van der Waals surface area contributed by atoms with E-state index in [1.165, 1.54) is 25.5 Å². The molecule has 0 amide bonds. The Morgan fingerprint density at radius 3 is 3.00 bits per heavy atom. The van der Waals surface area contributed by atoms with Crippen LogP contribution in [0.5, 0.6) is 0 Å². The Kier molecular flexibility index (Phi) is 3.62. The van der Waals surface area contributed by atoms with Crippen LogP contribution in [0.4, 0.5) is 4.39 Å². The van der Waals surface area contributed by atoms with E-state index in [1.807, 2.05) is 6.07 Å². The van der Waals surface area contributed by atoms with Crippen molar-refractivity contribution in [2.75, 3.05) is 26.2 Å². The number of nitrogens with zero attached hydrogens (tertiary/aromatic N) is 1. The van der Waals surface area contributed by atoms with Gasteiger partial charge in [-0.1, -0.05) is 12.1 Å². The van der Waals surface area contributed by atoms with Crippen LogP contribution in [0.3, 0.4) is 0 Å². The molecule has 2 nitrogen and oxygen atoms in total. The maximum absolute atomic E-state index is 13.1. The molecule has 0 N–H and O–H groups in total. The lowest BCUT2D eigenvalue weighted by atomic mass is 10.1. The molecule has 1 saturated heterocycles. The fourth-order valence-electron chi connectivity index (χ4n) is 2.66. The van der Waals surface area contributed by atoms with E-state index in [-0.39, 0.29) is 11.9 Å². The summed E-state index contributed by atoms with van der Waals surface area (Å²) in [6.45, 7) is 4.08. The lowest BCUT2D eigenvalue weighted by Gasteiger charge is -2.33. The van der Waals surface area contributed by atoms with Crippen LogP contribution in [0, 0.1) is 11.7 Å². The van der Waals surface area contributed by atoms with Crippen molar-refractivity contribution < 1.29 is 9.13 Å². The molecule has 0 unspecified atom stereocenters. The van der Waals surface area contributed by atoms with E-state index in [1.54, 1.807) is 12.1 Å². The van der Waals surface area contributed by atoms with Gasteiger partial charge in [-0.3, -0.25) is 4.90 Å². The van der Waals surface area contributed by atoms with Crippen LogP contribution in [0.15, 0.2) is 24.3 Å². The van der Waals surface area contributed by atoms with Gasteiger partial charge in [-0.05, 0) is 42.9 Å². The number of hydrogen-bond donors (Lipinski definition) is 0. The normalized spacial score (nSPS) is 25.3. The van der Waals surface area contributed by atoms with Gasteiger partial charge in [0, 0.05) is 19.6 Å². The van der Waals surface area contributed by atoms with E-state index < -0.39 is 0 Å². The third-order valence-electron chi connectivity index (χ3n) is 3.79. The summed E-state index contributed by atoms with van der Waals surface area (Å²) in [5, 5.41) is 0. The summed E-state index contributed by atoms with van der Waals surface area (Å²) in [6, 6.07) is 6.86. The second-order valence-electron chi connectivity index (χ2n) is 5.53. The number of hydrogen-bond acceptors (Lipinski definition) is 2. The maximum Gasteiger partial charge on any atom is 0.123 e. The molecule has 3 heteroatoms. The van der Waals surface area contributed by atoms with E-state index in [0.717, 1.165) is 37.6 Å². The van der Waals surface area contributed by atoms with Crippen LogP contribution in [-0.2, 0) is 11.2 Å². The molecular formula is C15H20FNO. The first kappa shape index (κ1) is 12.1. The minimum absolute atomic E-state index is 0.154. The van der Waals surface area contributed by atoms with Gasteiger partial charge in [0.05, 0.1) is 12.7 Å². The number of benzene rings is 1. The molecule has 0 aromatic heterocycles. The second kappa shape index (κ2) is 5.37. The highest BCUT2D eigenvalue weighted by Crippen LogP contribution is 2.30. The Morgan fingerprint density at radius 1 is 1.33 bits per heavy atom. The van der Waals surface area contributed by atoms with Crippen molar-refractivity contribution in [1.82, 2.24) is 4.90 Å². The van der Waals surface area contributed by atoms with E-state index in [9.17, 15) is 4.39 Å². The highest BCUT2D eigenvalue weighted by molar-refractivity contribution is 5.17. The monoisotopic (exact) mass is 249 g/mol. The van der Waals surface area contributed by atoms with E-state index in [0.29, 0.717) is 0 Å². The van der Waals surface area contributed by atoms with E-state index in [2.05, 4.69) is 4.90 Å². The molecule has 1 heterocycles. The molecule has 1 aromatic rings. The number of halogens is 1. The molecule has 0 radical (unpaired) electrons. The fourth-order valence-corrected chi connectivity index (χ4v) is 2.66. The fraction of sp³-hybridized carbons (Fsp3) is 0.600. The van der Waals surface area contributed by atoms with Crippen LogP contribution in [-0.4, -0.2) is 37.2 Å². The minimum Gasteiger partial charge on any atom is -0.375 e. The molecule has 3 rings (SSSR count). The first-order chi connectivity index (χ1) is 8.79. The number of morpholine rings is 1. The van der Waals surface area contributed by atoms with Gasteiger partial charge < -0.3 is 4.74 Å². The lowest BCUT2D eigenvalue weighted by molar-refractivity contribution is -0.0289. The average molecular weight is 249 g/mol.